The molecule has 5 nitrogen and oxygen atoms in total. The van der Waals surface area contributed by atoms with E-state index in [1.807, 2.05) is 35.7 Å². The van der Waals surface area contributed by atoms with E-state index in [1.165, 1.54) is 24.2 Å². The van der Waals surface area contributed by atoms with Crippen molar-refractivity contribution in [1.82, 2.24) is 14.8 Å². The number of nitrogens with zero attached hydrogens (tertiary/aromatic N) is 3. The summed E-state index contributed by atoms with van der Waals surface area (Å²) in [4.78, 5) is 16.7. The first-order chi connectivity index (χ1) is 11.3. The van der Waals surface area contributed by atoms with Crippen molar-refractivity contribution in [2.24, 2.45) is 0 Å². The first-order valence-corrected chi connectivity index (χ1v) is 8.49. The van der Waals surface area contributed by atoms with E-state index in [4.69, 9.17) is 0 Å². The van der Waals surface area contributed by atoms with Crippen LogP contribution in [0.2, 0.25) is 0 Å². The predicted octanol–water partition coefficient (Wildman–Crippen LogP) is 3.52. The monoisotopic (exact) mass is 324 g/mol. The molecule has 0 spiro atoms. The fraction of sp³-hybridized carbons (Fsp3) is 0.235. The maximum atomic E-state index is 12.3. The van der Waals surface area contributed by atoms with Gasteiger partial charge in [0.15, 0.2) is 5.13 Å². The molecule has 0 bridgehead atoms. The van der Waals surface area contributed by atoms with Crippen molar-refractivity contribution >= 4 is 22.4 Å². The maximum Gasteiger partial charge on any atom is 0.260 e. The van der Waals surface area contributed by atoms with Gasteiger partial charge in [-0.25, -0.2) is 4.98 Å². The lowest BCUT2D eigenvalue weighted by Crippen LogP contribution is -2.11. The zero-order valence-electron chi connectivity index (χ0n) is 12.5. The van der Waals surface area contributed by atoms with E-state index in [9.17, 15) is 4.79 Å². The molecule has 1 saturated carbocycles. The summed E-state index contributed by atoms with van der Waals surface area (Å²) >= 11 is 1.48. The van der Waals surface area contributed by atoms with E-state index in [1.54, 1.807) is 17.1 Å². The van der Waals surface area contributed by atoms with E-state index in [2.05, 4.69) is 15.4 Å². The van der Waals surface area contributed by atoms with Crippen LogP contribution in [0, 0.1) is 0 Å². The average molecular weight is 324 g/mol. The lowest BCUT2D eigenvalue weighted by atomic mass is 10.2. The van der Waals surface area contributed by atoms with Crippen molar-refractivity contribution in [1.29, 1.82) is 0 Å². The molecular weight excluding hydrogens is 308 g/mol. The summed E-state index contributed by atoms with van der Waals surface area (Å²) in [5, 5.41) is 9.80. The van der Waals surface area contributed by atoms with E-state index in [-0.39, 0.29) is 5.91 Å². The molecule has 2 aromatic heterocycles. The van der Waals surface area contributed by atoms with Crippen LogP contribution in [0.15, 0.2) is 48.1 Å². The first-order valence-electron chi connectivity index (χ1n) is 7.61. The predicted molar refractivity (Wildman–Crippen MR) is 89.8 cm³/mol. The van der Waals surface area contributed by atoms with Crippen LogP contribution in [0.4, 0.5) is 5.13 Å². The number of rotatable bonds is 5. The lowest BCUT2D eigenvalue weighted by molar-refractivity contribution is 0.102. The van der Waals surface area contributed by atoms with Gasteiger partial charge in [0.2, 0.25) is 0 Å². The van der Waals surface area contributed by atoms with Crippen molar-refractivity contribution in [3.05, 3.63) is 64.9 Å². The molecule has 0 radical (unpaired) electrons. The summed E-state index contributed by atoms with van der Waals surface area (Å²) in [6.07, 6.45) is 5.78. The Labute approximate surface area is 138 Å². The standard InChI is InChI=1S/C17H16N4OS/c22-16(20-17-19-15(11-23-17)13-6-7-13)14-8-18-21(10-14)9-12-4-2-1-3-5-12/h1-5,8,10-11,13H,6-7,9H2,(H,19,20,22). The SMILES string of the molecule is O=C(Nc1nc(C2CC2)cs1)c1cnn(Cc2ccccc2)c1. The third kappa shape index (κ3) is 3.32. The molecule has 1 aromatic carbocycles. The molecule has 1 aliphatic rings. The van der Waals surface area contributed by atoms with Gasteiger partial charge in [-0.3, -0.25) is 14.8 Å². The van der Waals surface area contributed by atoms with Crippen LogP contribution in [0.3, 0.4) is 0 Å². The Kier molecular flexibility index (Phi) is 3.67. The Balaban J connectivity index is 1.42. The number of hydrogen-bond donors (Lipinski definition) is 1. The van der Waals surface area contributed by atoms with Gasteiger partial charge in [-0.05, 0) is 18.4 Å². The number of anilines is 1. The number of carbonyl (C=O) groups excluding carboxylic acids is 1. The van der Waals surface area contributed by atoms with Gasteiger partial charge in [0, 0.05) is 17.5 Å². The van der Waals surface area contributed by atoms with Gasteiger partial charge in [-0.15, -0.1) is 11.3 Å². The molecule has 1 fully saturated rings. The van der Waals surface area contributed by atoms with Gasteiger partial charge in [0.05, 0.1) is 24.0 Å². The molecule has 1 aliphatic carbocycles. The van der Waals surface area contributed by atoms with E-state index >= 15 is 0 Å². The zero-order chi connectivity index (χ0) is 15.6. The lowest BCUT2D eigenvalue weighted by Gasteiger charge is -2.01. The van der Waals surface area contributed by atoms with Gasteiger partial charge in [0.25, 0.3) is 5.91 Å². The van der Waals surface area contributed by atoms with Gasteiger partial charge in [-0.1, -0.05) is 30.3 Å². The molecule has 0 saturated heterocycles. The fourth-order valence-corrected chi connectivity index (χ4v) is 3.20. The van der Waals surface area contributed by atoms with Crippen molar-refractivity contribution in [3.63, 3.8) is 0 Å². The van der Waals surface area contributed by atoms with Crippen LogP contribution < -0.4 is 5.32 Å². The van der Waals surface area contributed by atoms with Crippen LogP contribution in [-0.4, -0.2) is 20.7 Å². The van der Waals surface area contributed by atoms with Crippen LogP contribution in [0.1, 0.15) is 40.4 Å². The second kappa shape index (κ2) is 5.96. The molecule has 1 N–H and O–H groups in total. The average Bonchev–Trinajstić information content (AvgIpc) is 3.13. The molecular formula is C17H16N4OS. The molecule has 0 atom stereocenters. The molecule has 6 heteroatoms. The summed E-state index contributed by atoms with van der Waals surface area (Å²) < 4.78 is 1.77. The Bertz CT molecular complexity index is 820. The summed E-state index contributed by atoms with van der Waals surface area (Å²) in [5.74, 6) is 0.437. The second-order valence-corrected chi connectivity index (χ2v) is 6.58. The van der Waals surface area contributed by atoms with Crippen LogP contribution in [0.5, 0.6) is 0 Å². The Morgan fingerprint density at radius 3 is 2.91 bits per heavy atom. The Hall–Kier alpha value is -2.47. The highest BCUT2D eigenvalue weighted by atomic mass is 32.1. The van der Waals surface area contributed by atoms with Gasteiger partial charge in [0.1, 0.15) is 0 Å². The van der Waals surface area contributed by atoms with Gasteiger partial charge in [-0.2, -0.15) is 5.10 Å². The summed E-state index contributed by atoms with van der Waals surface area (Å²) in [6.45, 7) is 0.650. The molecule has 23 heavy (non-hydrogen) atoms. The zero-order valence-corrected chi connectivity index (χ0v) is 13.3. The number of thiazole rings is 1. The van der Waals surface area contributed by atoms with Crippen LogP contribution in [0.25, 0.3) is 0 Å². The third-order valence-corrected chi connectivity index (χ3v) is 4.60. The number of nitrogens with one attached hydrogen (secondary N) is 1. The molecule has 3 aromatic rings. The first kappa shape index (κ1) is 14.1. The highest BCUT2D eigenvalue weighted by Gasteiger charge is 2.26. The Morgan fingerprint density at radius 1 is 1.30 bits per heavy atom. The van der Waals surface area contributed by atoms with E-state index in [0.717, 1.165) is 11.3 Å². The number of benzene rings is 1. The molecule has 1 amide bonds. The van der Waals surface area contributed by atoms with Crippen LogP contribution in [-0.2, 0) is 6.54 Å². The van der Waals surface area contributed by atoms with E-state index < -0.39 is 0 Å². The fourth-order valence-electron chi connectivity index (χ4n) is 2.42. The number of aromatic nitrogens is 3. The minimum absolute atomic E-state index is 0.166. The largest absolute Gasteiger partial charge is 0.298 e. The molecule has 0 aliphatic heterocycles. The number of amides is 1. The molecule has 2 heterocycles. The van der Waals surface area contributed by atoms with Crippen molar-refractivity contribution < 1.29 is 4.79 Å². The number of carbonyl (C=O) groups is 1. The number of hydrogen-bond acceptors (Lipinski definition) is 4. The third-order valence-electron chi connectivity index (χ3n) is 3.82. The van der Waals surface area contributed by atoms with Crippen LogP contribution >= 0.6 is 11.3 Å². The Morgan fingerprint density at radius 2 is 2.13 bits per heavy atom. The molecule has 4 rings (SSSR count). The topological polar surface area (TPSA) is 59.8 Å². The summed E-state index contributed by atoms with van der Waals surface area (Å²) in [7, 11) is 0. The van der Waals surface area contributed by atoms with Gasteiger partial charge >= 0.3 is 0 Å². The minimum Gasteiger partial charge on any atom is -0.298 e. The summed E-state index contributed by atoms with van der Waals surface area (Å²) in [5.41, 5.74) is 2.80. The highest BCUT2D eigenvalue weighted by Crippen LogP contribution is 2.40. The normalized spacial score (nSPS) is 13.9. The van der Waals surface area contributed by atoms with Crippen molar-refractivity contribution in [3.8, 4) is 0 Å². The quantitative estimate of drug-likeness (QED) is 0.781. The minimum atomic E-state index is -0.166. The maximum absolute atomic E-state index is 12.3. The van der Waals surface area contributed by atoms with Gasteiger partial charge < -0.3 is 0 Å². The highest BCUT2D eigenvalue weighted by molar-refractivity contribution is 7.14. The smallest absolute Gasteiger partial charge is 0.260 e. The second-order valence-electron chi connectivity index (χ2n) is 5.72. The molecule has 0 unspecified atom stereocenters. The molecule has 116 valence electrons. The van der Waals surface area contributed by atoms with Crippen molar-refractivity contribution in [2.45, 2.75) is 25.3 Å². The van der Waals surface area contributed by atoms with E-state index in [0.29, 0.717) is 23.2 Å². The summed E-state index contributed by atoms with van der Waals surface area (Å²) in [6, 6.07) is 10.0. The van der Waals surface area contributed by atoms with Crippen molar-refractivity contribution in [2.75, 3.05) is 5.32 Å².